The highest BCUT2D eigenvalue weighted by Crippen LogP contribution is 2.29. The number of hydrogen-bond acceptors (Lipinski definition) is 3. The molecule has 0 saturated heterocycles. The van der Waals surface area contributed by atoms with Gasteiger partial charge in [0.15, 0.2) is 5.84 Å². The second kappa shape index (κ2) is 4.43. The zero-order valence-corrected chi connectivity index (χ0v) is 9.31. The van der Waals surface area contributed by atoms with E-state index in [1.54, 1.807) is 0 Å². The van der Waals surface area contributed by atoms with Gasteiger partial charge in [-0.2, -0.15) is 0 Å². The molecule has 1 fully saturated rings. The maximum absolute atomic E-state index is 8.60. The van der Waals surface area contributed by atoms with Crippen LogP contribution >= 0.6 is 0 Å². The van der Waals surface area contributed by atoms with Crippen LogP contribution in [-0.2, 0) is 0 Å². The van der Waals surface area contributed by atoms with E-state index in [4.69, 9.17) is 15.7 Å². The molecule has 0 aliphatic heterocycles. The molecule has 0 atom stereocenters. The Bertz CT molecular complexity index is 411. The summed E-state index contributed by atoms with van der Waals surface area (Å²) in [7, 11) is 0. The van der Waals surface area contributed by atoms with Crippen molar-refractivity contribution in [3.63, 3.8) is 0 Å². The smallest absolute Gasteiger partial charge is 0.170 e. The van der Waals surface area contributed by atoms with Gasteiger partial charge in [-0.1, -0.05) is 5.16 Å². The number of nitrogens with two attached hydrogens (primary N) is 1. The molecule has 1 aliphatic rings. The molecule has 16 heavy (non-hydrogen) atoms. The highest BCUT2D eigenvalue weighted by molar-refractivity contribution is 5.98. The summed E-state index contributed by atoms with van der Waals surface area (Å²) in [6.45, 7) is 2.71. The maximum atomic E-state index is 8.60. The molecule has 0 amide bonds. The number of rotatable bonds is 4. The number of aryl methyl sites for hydroxylation is 1. The summed E-state index contributed by atoms with van der Waals surface area (Å²) in [6, 6.07) is 5.57. The fourth-order valence-electron chi connectivity index (χ4n) is 1.57. The zero-order valence-electron chi connectivity index (χ0n) is 9.31. The van der Waals surface area contributed by atoms with E-state index in [-0.39, 0.29) is 5.84 Å². The Labute approximate surface area is 94.7 Å². The number of hydrogen-bond donors (Lipinski definition) is 2. The van der Waals surface area contributed by atoms with Crippen LogP contribution < -0.4 is 10.5 Å². The standard InChI is InChI=1S/C12H16N2O2/c1-8-6-10(16-7-9-2-3-9)4-5-11(8)12(13)14-15/h4-6,9,15H,2-3,7H2,1H3,(H2,13,14). The summed E-state index contributed by atoms with van der Waals surface area (Å²) in [5, 5.41) is 11.6. The minimum absolute atomic E-state index is 0.131. The molecule has 0 unspecified atom stereocenters. The molecule has 0 heterocycles. The lowest BCUT2D eigenvalue weighted by Gasteiger charge is -2.08. The van der Waals surface area contributed by atoms with Gasteiger partial charge in [-0.15, -0.1) is 0 Å². The Hall–Kier alpha value is -1.71. The van der Waals surface area contributed by atoms with Crippen LogP contribution in [0.1, 0.15) is 24.0 Å². The van der Waals surface area contributed by atoms with Crippen LogP contribution in [0.15, 0.2) is 23.4 Å². The van der Waals surface area contributed by atoms with Gasteiger partial charge in [0.05, 0.1) is 6.61 Å². The molecule has 1 aliphatic carbocycles. The van der Waals surface area contributed by atoms with Crippen molar-refractivity contribution >= 4 is 5.84 Å². The minimum atomic E-state index is 0.131. The Morgan fingerprint density at radius 2 is 2.31 bits per heavy atom. The van der Waals surface area contributed by atoms with Crippen molar-refractivity contribution < 1.29 is 9.94 Å². The largest absolute Gasteiger partial charge is 0.493 e. The van der Waals surface area contributed by atoms with Crippen LogP contribution in [0.5, 0.6) is 5.75 Å². The number of nitrogens with zero attached hydrogens (tertiary/aromatic N) is 1. The van der Waals surface area contributed by atoms with Crippen LogP contribution in [0.2, 0.25) is 0 Å². The van der Waals surface area contributed by atoms with Crippen LogP contribution in [0.25, 0.3) is 0 Å². The monoisotopic (exact) mass is 220 g/mol. The van der Waals surface area contributed by atoms with Crippen molar-refractivity contribution in [1.82, 2.24) is 0 Å². The van der Waals surface area contributed by atoms with Crippen molar-refractivity contribution in [3.05, 3.63) is 29.3 Å². The van der Waals surface area contributed by atoms with E-state index in [9.17, 15) is 0 Å². The third-order valence-electron chi connectivity index (χ3n) is 2.76. The van der Waals surface area contributed by atoms with E-state index in [0.717, 1.165) is 29.4 Å². The summed E-state index contributed by atoms with van der Waals surface area (Å²) in [4.78, 5) is 0. The molecule has 0 radical (unpaired) electrons. The van der Waals surface area contributed by atoms with Crippen molar-refractivity contribution in [2.75, 3.05) is 6.61 Å². The number of oxime groups is 1. The first-order valence-corrected chi connectivity index (χ1v) is 5.42. The molecule has 4 heteroatoms. The van der Waals surface area contributed by atoms with Crippen molar-refractivity contribution in [1.29, 1.82) is 0 Å². The van der Waals surface area contributed by atoms with Gasteiger partial charge in [-0.25, -0.2) is 0 Å². The number of benzene rings is 1. The minimum Gasteiger partial charge on any atom is -0.493 e. The molecule has 0 spiro atoms. The van der Waals surface area contributed by atoms with Gasteiger partial charge in [-0.3, -0.25) is 0 Å². The quantitative estimate of drug-likeness (QED) is 0.352. The molecule has 4 nitrogen and oxygen atoms in total. The molecule has 0 aromatic heterocycles. The molecular weight excluding hydrogens is 204 g/mol. The van der Waals surface area contributed by atoms with Crippen LogP contribution in [0, 0.1) is 12.8 Å². The maximum Gasteiger partial charge on any atom is 0.170 e. The zero-order chi connectivity index (χ0) is 11.5. The van der Waals surface area contributed by atoms with Crippen molar-refractivity contribution in [2.24, 2.45) is 16.8 Å². The van der Waals surface area contributed by atoms with Gasteiger partial charge in [-0.05, 0) is 49.4 Å². The van der Waals surface area contributed by atoms with Gasteiger partial charge in [0.25, 0.3) is 0 Å². The van der Waals surface area contributed by atoms with Crippen LogP contribution in [0.4, 0.5) is 0 Å². The van der Waals surface area contributed by atoms with E-state index in [2.05, 4.69) is 5.16 Å². The summed E-state index contributed by atoms with van der Waals surface area (Å²) in [5.74, 6) is 1.72. The summed E-state index contributed by atoms with van der Waals surface area (Å²) >= 11 is 0. The topological polar surface area (TPSA) is 67.8 Å². The third-order valence-corrected chi connectivity index (χ3v) is 2.76. The SMILES string of the molecule is Cc1cc(OCC2CC2)ccc1/C(N)=N/O. The van der Waals surface area contributed by atoms with Gasteiger partial charge < -0.3 is 15.7 Å². The third kappa shape index (κ3) is 2.45. The second-order valence-corrected chi connectivity index (χ2v) is 4.22. The Kier molecular flexibility index (Phi) is 2.99. The van der Waals surface area contributed by atoms with Crippen molar-refractivity contribution in [2.45, 2.75) is 19.8 Å². The normalized spacial score (nSPS) is 16.2. The molecule has 1 saturated carbocycles. The van der Waals surface area contributed by atoms with E-state index in [1.807, 2.05) is 25.1 Å². The first-order valence-electron chi connectivity index (χ1n) is 5.42. The van der Waals surface area contributed by atoms with Crippen LogP contribution in [-0.4, -0.2) is 17.6 Å². The molecular formula is C12H16N2O2. The summed E-state index contributed by atoms with van der Waals surface area (Å²) in [6.07, 6.45) is 2.56. The lowest BCUT2D eigenvalue weighted by molar-refractivity contribution is 0.299. The highest BCUT2D eigenvalue weighted by Gasteiger charge is 2.21. The van der Waals surface area contributed by atoms with Gasteiger partial charge in [0.1, 0.15) is 5.75 Å². The Morgan fingerprint density at radius 3 is 2.88 bits per heavy atom. The summed E-state index contributed by atoms with van der Waals surface area (Å²) < 4.78 is 5.64. The van der Waals surface area contributed by atoms with Gasteiger partial charge >= 0.3 is 0 Å². The first-order chi connectivity index (χ1) is 7.70. The average molecular weight is 220 g/mol. The molecule has 0 bridgehead atoms. The predicted molar refractivity (Wildman–Crippen MR) is 61.9 cm³/mol. The molecule has 86 valence electrons. The van der Waals surface area contributed by atoms with E-state index in [1.165, 1.54) is 12.8 Å². The summed E-state index contributed by atoms with van der Waals surface area (Å²) in [5.41, 5.74) is 7.22. The van der Waals surface area contributed by atoms with E-state index in [0.29, 0.717) is 0 Å². The van der Waals surface area contributed by atoms with Gasteiger partial charge in [0.2, 0.25) is 0 Å². The molecule has 3 N–H and O–H groups in total. The molecule has 1 aromatic carbocycles. The lowest BCUT2D eigenvalue weighted by Crippen LogP contribution is -2.14. The second-order valence-electron chi connectivity index (χ2n) is 4.22. The van der Waals surface area contributed by atoms with E-state index < -0.39 is 0 Å². The lowest BCUT2D eigenvalue weighted by atomic mass is 10.1. The fourth-order valence-corrected chi connectivity index (χ4v) is 1.57. The molecule has 2 rings (SSSR count). The average Bonchev–Trinajstić information content (AvgIpc) is 3.09. The van der Waals surface area contributed by atoms with Gasteiger partial charge in [0, 0.05) is 5.56 Å². The fraction of sp³-hybridized carbons (Fsp3) is 0.417. The highest BCUT2D eigenvalue weighted by atomic mass is 16.5. The number of amidine groups is 1. The molecule has 1 aromatic rings. The Balaban J connectivity index is 2.08. The van der Waals surface area contributed by atoms with Crippen LogP contribution in [0.3, 0.4) is 0 Å². The van der Waals surface area contributed by atoms with E-state index >= 15 is 0 Å². The Morgan fingerprint density at radius 1 is 1.56 bits per heavy atom. The first kappa shape index (κ1) is 10.8. The predicted octanol–water partition coefficient (Wildman–Crippen LogP) is 1.88. The number of ether oxygens (including phenoxy) is 1. The van der Waals surface area contributed by atoms with Crippen molar-refractivity contribution in [3.8, 4) is 5.75 Å².